The highest BCUT2D eigenvalue weighted by Gasteiger charge is 2.22. The van der Waals surface area contributed by atoms with E-state index in [1.54, 1.807) is 0 Å². The highest BCUT2D eigenvalue weighted by atomic mass is 15.3. The van der Waals surface area contributed by atoms with Crippen molar-refractivity contribution in [1.82, 2.24) is 10.2 Å². The van der Waals surface area contributed by atoms with Crippen LogP contribution in [0, 0.1) is 12.8 Å². The Bertz CT molecular complexity index is 594. The maximum absolute atomic E-state index is 5.71. The van der Waals surface area contributed by atoms with E-state index in [4.69, 9.17) is 5.73 Å². The molecule has 1 aromatic carbocycles. The zero-order valence-electron chi connectivity index (χ0n) is 12.0. The summed E-state index contributed by atoms with van der Waals surface area (Å²) in [5.74, 6) is 1.73. The molecule has 1 saturated heterocycles. The number of hydrogen-bond acceptors (Lipinski definition) is 4. The first-order valence-electron chi connectivity index (χ1n) is 7.46. The average molecular weight is 270 g/mol. The number of nitrogens with two attached hydrogens (primary N) is 1. The molecule has 1 aromatic heterocycles. The first-order chi connectivity index (χ1) is 9.79. The fraction of sp³-hybridized carbons (Fsp3) is 0.500. The van der Waals surface area contributed by atoms with Gasteiger partial charge in [-0.25, -0.2) is 0 Å². The normalized spacial score (nSPS) is 19.5. The molecule has 2 aromatic rings. The molecular formula is C16H22N4. The van der Waals surface area contributed by atoms with Crippen LogP contribution in [0.2, 0.25) is 0 Å². The van der Waals surface area contributed by atoms with Crippen molar-refractivity contribution in [3.05, 3.63) is 30.0 Å². The van der Waals surface area contributed by atoms with Gasteiger partial charge in [-0.2, -0.15) is 5.10 Å². The van der Waals surface area contributed by atoms with E-state index in [9.17, 15) is 0 Å². The summed E-state index contributed by atoms with van der Waals surface area (Å²) in [6, 6.07) is 8.42. The Labute approximate surface area is 120 Å². The van der Waals surface area contributed by atoms with Gasteiger partial charge in [0, 0.05) is 23.9 Å². The Balaban J connectivity index is 1.95. The van der Waals surface area contributed by atoms with Gasteiger partial charge in [0.1, 0.15) is 0 Å². The molecule has 0 saturated carbocycles. The molecule has 0 spiro atoms. The van der Waals surface area contributed by atoms with Crippen LogP contribution in [0.3, 0.4) is 0 Å². The number of aromatic nitrogens is 2. The predicted molar refractivity (Wildman–Crippen MR) is 82.9 cm³/mol. The van der Waals surface area contributed by atoms with E-state index in [0.717, 1.165) is 37.6 Å². The monoisotopic (exact) mass is 270 g/mol. The summed E-state index contributed by atoms with van der Waals surface area (Å²) in [6.45, 7) is 4.92. The van der Waals surface area contributed by atoms with Crippen LogP contribution in [-0.2, 0) is 0 Å². The Morgan fingerprint density at radius 2 is 2.05 bits per heavy atom. The third-order valence-corrected chi connectivity index (χ3v) is 4.25. The molecule has 0 aliphatic carbocycles. The lowest BCUT2D eigenvalue weighted by atomic mass is 9.94. The van der Waals surface area contributed by atoms with Crippen LogP contribution in [0.1, 0.15) is 25.0 Å². The minimum Gasteiger partial charge on any atom is -0.354 e. The van der Waals surface area contributed by atoms with Gasteiger partial charge in [-0.1, -0.05) is 24.3 Å². The van der Waals surface area contributed by atoms with E-state index < -0.39 is 0 Å². The fourth-order valence-electron chi connectivity index (χ4n) is 3.19. The molecule has 4 nitrogen and oxygen atoms in total. The van der Waals surface area contributed by atoms with Crippen molar-refractivity contribution in [2.24, 2.45) is 11.7 Å². The first kappa shape index (κ1) is 13.3. The topological polar surface area (TPSA) is 55.0 Å². The van der Waals surface area contributed by atoms with Crippen molar-refractivity contribution >= 4 is 16.6 Å². The minimum atomic E-state index is 0.690. The second-order valence-corrected chi connectivity index (χ2v) is 5.69. The largest absolute Gasteiger partial charge is 0.354 e. The van der Waals surface area contributed by atoms with Gasteiger partial charge < -0.3 is 10.6 Å². The van der Waals surface area contributed by atoms with E-state index in [-0.39, 0.29) is 0 Å². The standard InChI is InChI=1S/C16H22N4/c1-12-14-6-2-3-7-15(14)16(19-18-12)20-10-4-5-13(11-20)8-9-17/h2-3,6-7,13H,4-5,8-11,17H2,1H3. The zero-order valence-corrected chi connectivity index (χ0v) is 12.0. The fourth-order valence-corrected chi connectivity index (χ4v) is 3.19. The number of aryl methyl sites for hydroxylation is 1. The molecular weight excluding hydrogens is 248 g/mol. The molecule has 0 radical (unpaired) electrons. The van der Waals surface area contributed by atoms with Crippen molar-refractivity contribution in [3.8, 4) is 0 Å². The van der Waals surface area contributed by atoms with Crippen molar-refractivity contribution in [2.45, 2.75) is 26.2 Å². The molecule has 1 fully saturated rings. The number of nitrogens with zero attached hydrogens (tertiary/aromatic N) is 3. The second-order valence-electron chi connectivity index (χ2n) is 5.69. The van der Waals surface area contributed by atoms with E-state index in [1.807, 2.05) is 6.92 Å². The van der Waals surface area contributed by atoms with Gasteiger partial charge in [0.15, 0.2) is 5.82 Å². The Kier molecular flexibility index (Phi) is 3.83. The number of rotatable bonds is 3. The molecule has 106 valence electrons. The van der Waals surface area contributed by atoms with Gasteiger partial charge in [0.25, 0.3) is 0 Å². The quantitative estimate of drug-likeness (QED) is 0.931. The average Bonchev–Trinajstić information content (AvgIpc) is 2.49. The molecule has 4 heteroatoms. The molecule has 0 bridgehead atoms. The van der Waals surface area contributed by atoms with Crippen LogP contribution in [-0.4, -0.2) is 29.8 Å². The molecule has 1 unspecified atom stereocenters. The molecule has 2 N–H and O–H groups in total. The molecule has 0 amide bonds. The maximum Gasteiger partial charge on any atom is 0.159 e. The van der Waals surface area contributed by atoms with Gasteiger partial charge in [-0.05, 0) is 38.6 Å². The third kappa shape index (κ3) is 2.48. The van der Waals surface area contributed by atoms with Crippen LogP contribution in [0.25, 0.3) is 10.8 Å². The lowest BCUT2D eigenvalue weighted by Crippen LogP contribution is -2.37. The molecule has 1 atom stereocenters. The van der Waals surface area contributed by atoms with E-state index in [1.165, 1.54) is 23.6 Å². The molecule has 1 aliphatic rings. The van der Waals surface area contributed by atoms with Gasteiger partial charge in [-0.3, -0.25) is 0 Å². The molecule has 20 heavy (non-hydrogen) atoms. The summed E-state index contributed by atoms with van der Waals surface area (Å²) in [4.78, 5) is 2.39. The Morgan fingerprint density at radius 1 is 1.25 bits per heavy atom. The summed E-state index contributed by atoms with van der Waals surface area (Å²) in [5, 5.41) is 11.2. The van der Waals surface area contributed by atoms with Gasteiger partial charge in [0.2, 0.25) is 0 Å². The SMILES string of the molecule is Cc1nnc(N2CCCC(CCN)C2)c2ccccc12. The number of benzene rings is 1. The van der Waals surface area contributed by atoms with Crippen LogP contribution < -0.4 is 10.6 Å². The molecule has 1 aliphatic heterocycles. The summed E-state index contributed by atoms with van der Waals surface area (Å²) in [6.07, 6.45) is 3.60. The van der Waals surface area contributed by atoms with Crippen LogP contribution in [0.4, 0.5) is 5.82 Å². The van der Waals surface area contributed by atoms with Crippen molar-refractivity contribution in [3.63, 3.8) is 0 Å². The van der Waals surface area contributed by atoms with Crippen LogP contribution in [0.15, 0.2) is 24.3 Å². The number of fused-ring (bicyclic) bond motifs is 1. The highest BCUT2D eigenvalue weighted by molar-refractivity contribution is 5.93. The lowest BCUT2D eigenvalue weighted by Gasteiger charge is -2.33. The highest BCUT2D eigenvalue weighted by Crippen LogP contribution is 2.29. The van der Waals surface area contributed by atoms with Gasteiger partial charge in [0.05, 0.1) is 5.69 Å². The van der Waals surface area contributed by atoms with Crippen LogP contribution >= 0.6 is 0 Å². The summed E-state index contributed by atoms with van der Waals surface area (Å²) in [7, 11) is 0. The van der Waals surface area contributed by atoms with Crippen LogP contribution in [0.5, 0.6) is 0 Å². The first-order valence-corrected chi connectivity index (χ1v) is 7.46. The van der Waals surface area contributed by atoms with E-state index in [0.29, 0.717) is 5.92 Å². The minimum absolute atomic E-state index is 0.690. The zero-order chi connectivity index (χ0) is 13.9. The Morgan fingerprint density at radius 3 is 2.85 bits per heavy atom. The van der Waals surface area contributed by atoms with Gasteiger partial charge >= 0.3 is 0 Å². The maximum atomic E-state index is 5.71. The number of hydrogen-bond donors (Lipinski definition) is 1. The van der Waals surface area contributed by atoms with Crippen molar-refractivity contribution in [2.75, 3.05) is 24.5 Å². The van der Waals surface area contributed by atoms with Crippen molar-refractivity contribution in [1.29, 1.82) is 0 Å². The lowest BCUT2D eigenvalue weighted by molar-refractivity contribution is 0.394. The summed E-state index contributed by atoms with van der Waals surface area (Å²) >= 11 is 0. The summed E-state index contributed by atoms with van der Waals surface area (Å²) in [5.41, 5.74) is 6.71. The number of piperidine rings is 1. The van der Waals surface area contributed by atoms with E-state index in [2.05, 4.69) is 39.4 Å². The van der Waals surface area contributed by atoms with Gasteiger partial charge in [-0.15, -0.1) is 5.10 Å². The smallest absolute Gasteiger partial charge is 0.159 e. The number of anilines is 1. The summed E-state index contributed by atoms with van der Waals surface area (Å²) < 4.78 is 0. The molecule has 2 heterocycles. The van der Waals surface area contributed by atoms with E-state index >= 15 is 0 Å². The predicted octanol–water partition coefficient (Wildman–Crippen LogP) is 2.50. The van der Waals surface area contributed by atoms with Crippen molar-refractivity contribution < 1.29 is 0 Å². The third-order valence-electron chi connectivity index (χ3n) is 4.25. The molecule has 3 rings (SSSR count). The second kappa shape index (κ2) is 5.75. The Hall–Kier alpha value is -1.68.